The van der Waals surface area contributed by atoms with Crippen molar-refractivity contribution < 1.29 is 4.74 Å². The Morgan fingerprint density at radius 3 is 2.47 bits per heavy atom. The Morgan fingerprint density at radius 1 is 1.27 bits per heavy atom. The largest absolute Gasteiger partial charge is 0.464 e. The summed E-state index contributed by atoms with van der Waals surface area (Å²) in [6, 6.07) is 0.483. The summed E-state index contributed by atoms with van der Waals surface area (Å²) in [5.74, 6) is 5.94. The molecule has 0 radical (unpaired) electrons. The molecule has 15 heavy (non-hydrogen) atoms. The Balaban J connectivity index is 2.89. The summed E-state index contributed by atoms with van der Waals surface area (Å²) < 4.78 is 5.17. The van der Waals surface area contributed by atoms with Crippen molar-refractivity contribution in [2.75, 3.05) is 17.3 Å². The molecule has 7 nitrogen and oxygen atoms in total. The highest BCUT2D eigenvalue weighted by atomic mass is 16.5. The van der Waals surface area contributed by atoms with Gasteiger partial charge in [0.1, 0.15) is 0 Å². The maximum absolute atomic E-state index is 5.23. The van der Waals surface area contributed by atoms with Gasteiger partial charge in [-0.25, -0.2) is 5.84 Å². The van der Waals surface area contributed by atoms with E-state index in [1.807, 2.05) is 20.8 Å². The van der Waals surface area contributed by atoms with Crippen molar-refractivity contribution in [1.82, 2.24) is 15.0 Å². The molecule has 0 aliphatic heterocycles. The minimum Gasteiger partial charge on any atom is -0.464 e. The van der Waals surface area contributed by atoms with E-state index >= 15 is 0 Å². The van der Waals surface area contributed by atoms with Gasteiger partial charge in [0.2, 0.25) is 11.9 Å². The highest BCUT2D eigenvalue weighted by Crippen LogP contribution is 2.10. The molecule has 1 aromatic heterocycles. The van der Waals surface area contributed by atoms with Crippen LogP contribution in [0.1, 0.15) is 20.8 Å². The van der Waals surface area contributed by atoms with Gasteiger partial charge in [-0.2, -0.15) is 15.0 Å². The van der Waals surface area contributed by atoms with Crippen LogP contribution in [0.3, 0.4) is 0 Å². The highest BCUT2D eigenvalue weighted by molar-refractivity contribution is 5.35. The number of hydrazine groups is 1. The number of nitrogen functional groups attached to an aromatic ring is 1. The molecule has 84 valence electrons. The molecular weight excluding hydrogens is 196 g/mol. The van der Waals surface area contributed by atoms with Crippen molar-refractivity contribution in [2.45, 2.75) is 26.8 Å². The summed E-state index contributed by atoms with van der Waals surface area (Å²) in [7, 11) is 0. The van der Waals surface area contributed by atoms with E-state index in [1.54, 1.807) is 0 Å². The van der Waals surface area contributed by atoms with Crippen molar-refractivity contribution in [3.05, 3.63) is 0 Å². The van der Waals surface area contributed by atoms with Gasteiger partial charge >= 0.3 is 6.01 Å². The van der Waals surface area contributed by atoms with E-state index in [1.165, 1.54) is 0 Å². The summed E-state index contributed by atoms with van der Waals surface area (Å²) in [6.45, 7) is 6.32. The van der Waals surface area contributed by atoms with Crippen molar-refractivity contribution in [2.24, 2.45) is 5.84 Å². The molecule has 1 aromatic rings. The second-order valence-electron chi connectivity index (χ2n) is 3.14. The van der Waals surface area contributed by atoms with Crippen LogP contribution < -0.4 is 21.3 Å². The lowest BCUT2D eigenvalue weighted by atomic mass is 10.4. The minimum atomic E-state index is 0.229. The SMILES string of the molecule is CCOc1nc(NN)nc(NC(C)C)n1. The zero-order chi connectivity index (χ0) is 11.3. The molecule has 0 amide bonds. The first-order valence-electron chi connectivity index (χ1n) is 4.77. The summed E-state index contributed by atoms with van der Waals surface area (Å²) in [6.07, 6.45) is 0. The standard InChI is InChI=1S/C8H16N6O/c1-4-15-8-12-6(10-5(2)3)11-7(13-8)14-9/h5H,4,9H2,1-3H3,(H2,10,11,12,13,14). The highest BCUT2D eigenvalue weighted by Gasteiger charge is 2.06. The molecule has 4 N–H and O–H groups in total. The number of ether oxygens (including phenoxy) is 1. The third-order valence-corrected chi connectivity index (χ3v) is 1.44. The summed E-state index contributed by atoms with van der Waals surface area (Å²) in [4.78, 5) is 12.0. The number of anilines is 2. The van der Waals surface area contributed by atoms with Gasteiger partial charge in [0.05, 0.1) is 6.61 Å². The molecule has 0 bridgehead atoms. The van der Waals surface area contributed by atoms with Crippen molar-refractivity contribution in [1.29, 1.82) is 0 Å². The number of nitrogens with zero attached hydrogens (tertiary/aromatic N) is 3. The van der Waals surface area contributed by atoms with Gasteiger partial charge in [0.15, 0.2) is 0 Å². The fraction of sp³-hybridized carbons (Fsp3) is 0.625. The monoisotopic (exact) mass is 212 g/mol. The van der Waals surface area contributed by atoms with Crippen LogP contribution in [-0.4, -0.2) is 27.6 Å². The van der Waals surface area contributed by atoms with E-state index in [-0.39, 0.29) is 18.0 Å². The average Bonchev–Trinajstić information content (AvgIpc) is 2.16. The molecule has 1 rings (SSSR count). The first-order chi connectivity index (χ1) is 7.15. The first kappa shape index (κ1) is 11.4. The Bertz CT molecular complexity index is 316. The topological polar surface area (TPSA) is 98.0 Å². The van der Waals surface area contributed by atoms with Gasteiger partial charge in [-0.05, 0) is 20.8 Å². The molecule has 7 heteroatoms. The third-order valence-electron chi connectivity index (χ3n) is 1.44. The Morgan fingerprint density at radius 2 is 1.93 bits per heavy atom. The van der Waals surface area contributed by atoms with Crippen LogP contribution in [0.25, 0.3) is 0 Å². The summed E-state index contributed by atoms with van der Waals surface area (Å²) in [5.41, 5.74) is 2.36. The van der Waals surface area contributed by atoms with Crippen LogP contribution in [0.5, 0.6) is 6.01 Å². The van der Waals surface area contributed by atoms with Gasteiger partial charge < -0.3 is 10.1 Å². The van der Waals surface area contributed by atoms with Gasteiger partial charge in [-0.3, -0.25) is 5.43 Å². The van der Waals surface area contributed by atoms with E-state index < -0.39 is 0 Å². The van der Waals surface area contributed by atoms with E-state index in [0.29, 0.717) is 12.6 Å². The van der Waals surface area contributed by atoms with E-state index in [0.717, 1.165) is 0 Å². The third kappa shape index (κ3) is 3.55. The molecule has 0 saturated heterocycles. The predicted molar refractivity (Wildman–Crippen MR) is 57.6 cm³/mol. The van der Waals surface area contributed by atoms with Gasteiger partial charge in [-0.15, -0.1) is 0 Å². The van der Waals surface area contributed by atoms with Gasteiger partial charge in [-0.1, -0.05) is 0 Å². The second kappa shape index (κ2) is 5.30. The quantitative estimate of drug-likeness (QED) is 0.479. The number of nitrogens with two attached hydrogens (primary N) is 1. The summed E-state index contributed by atoms with van der Waals surface area (Å²) >= 11 is 0. The smallest absolute Gasteiger partial charge is 0.323 e. The summed E-state index contributed by atoms with van der Waals surface area (Å²) in [5, 5.41) is 3.04. The number of aromatic nitrogens is 3. The van der Waals surface area contributed by atoms with E-state index in [9.17, 15) is 0 Å². The maximum Gasteiger partial charge on any atom is 0.323 e. The Hall–Kier alpha value is -1.63. The molecule has 0 aromatic carbocycles. The maximum atomic E-state index is 5.23. The van der Waals surface area contributed by atoms with E-state index in [4.69, 9.17) is 10.6 Å². The average molecular weight is 212 g/mol. The second-order valence-corrected chi connectivity index (χ2v) is 3.14. The Kier molecular flexibility index (Phi) is 4.04. The van der Waals surface area contributed by atoms with E-state index in [2.05, 4.69) is 25.7 Å². The predicted octanol–water partition coefficient (Wildman–Crippen LogP) is 0.376. The zero-order valence-electron chi connectivity index (χ0n) is 9.11. The lowest BCUT2D eigenvalue weighted by Gasteiger charge is -2.10. The fourth-order valence-corrected chi connectivity index (χ4v) is 0.937. The number of nitrogens with one attached hydrogen (secondary N) is 2. The lowest BCUT2D eigenvalue weighted by Crippen LogP contribution is -2.17. The molecule has 0 fully saturated rings. The molecule has 0 aliphatic carbocycles. The number of hydrogen-bond donors (Lipinski definition) is 3. The van der Waals surface area contributed by atoms with Crippen molar-refractivity contribution >= 4 is 11.9 Å². The fourth-order valence-electron chi connectivity index (χ4n) is 0.937. The first-order valence-corrected chi connectivity index (χ1v) is 4.77. The van der Waals surface area contributed by atoms with Crippen LogP contribution >= 0.6 is 0 Å². The van der Waals surface area contributed by atoms with Crippen LogP contribution in [0.2, 0.25) is 0 Å². The van der Waals surface area contributed by atoms with Gasteiger partial charge in [0.25, 0.3) is 0 Å². The number of rotatable bonds is 5. The molecular formula is C8H16N6O. The van der Waals surface area contributed by atoms with Crippen LogP contribution in [-0.2, 0) is 0 Å². The zero-order valence-corrected chi connectivity index (χ0v) is 9.11. The molecule has 0 aliphatic rings. The molecule has 0 saturated carbocycles. The van der Waals surface area contributed by atoms with Crippen LogP contribution in [0.15, 0.2) is 0 Å². The minimum absolute atomic E-state index is 0.229. The lowest BCUT2D eigenvalue weighted by molar-refractivity contribution is 0.312. The Labute approximate surface area is 88.4 Å². The number of hydrogen-bond acceptors (Lipinski definition) is 7. The molecule has 0 atom stereocenters. The van der Waals surface area contributed by atoms with Crippen molar-refractivity contribution in [3.63, 3.8) is 0 Å². The van der Waals surface area contributed by atoms with Crippen molar-refractivity contribution in [3.8, 4) is 6.01 Å². The van der Waals surface area contributed by atoms with Gasteiger partial charge in [0, 0.05) is 6.04 Å². The normalized spacial score (nSPS) is 10.2. The molecule has 0 unspecified atom stereocenters. The molecule has 0 spiro atoms. The molecule has 1 heterocycles. The van der Waals surface area contributed by atoms with Crippen LogP contribution in [0, 0.1) is 0 Å². The van der Waals surface area contributed by atoms with Crippen LogP contribution in [0.4, 0.5) is 11.9 Å².